The molecule has 1 aromatic carbocycles. The third kappa shape index (κ3) is 3.29. The fraction of sp³-hybridized carbons (Fsp3) is 0.500. The Labute approximate surface area is 108 Å². The van der Waals surface area contributed by atoms with E-state index in [0.29, 0.717) is 6.61 Å². The van der Waals surface area contributed by atoms with Gasteiger partial charge < -0.3 is 4.74 Å². The van der Waals surface area contributed by atoms with Crippen molar-refractivity contribution in [2.45, 2.75) is 25.8 Å². The highest BCUT2D eigenvalue weighted by Gasteiger charge is 2.32. The highest BCUT2D eigenvalue weighted by molar-refractivity contribution is 5.71. The van der Waals surface area contributed by atoms with Crippen molar-refractivity contribution in [3.63, 3.8) is 0 Å². The molecule has 1 aromatic rings. The number of hydrogen-bond acceptors (Lipinski definition) is 3. The Balaban J connectivity index is 3.04. The molecule has 0 aliphatic carbocycles. The Kier molecular flexibility index (Phi) is 4.84. The summed E-state index contributed by atoms with van der Waals surface area (Å²) >= 11 is 0. The minimum Gasteiger partial charge on any atom is -0.466 e. The molecule has 0 aromatic heterocycles. The fourth-order valence-electron chi connectivity index (χ4n) is 1.83. The molecule has 1 rings (SSSR count). The van der Waals surface area contributed by atoms with Gasteiger partial charge in [0.2, 0.25) is 0 Å². The topological polar surface area (TPSA) is 29.5 Å². The van der Waals surface area contributed by atoms with E-state index in [9.17, 15) is 9.18 Å². The van der Waals surface area contributed by atoms with E-state index in [1.54, 1.807) is 13.0 Å². The van der Waals surface area contributed by atoms with E-state index in [0.717, 1.165) is 5.56 Å². The van der Waals surface area contributed by atoms with Crippen LogP contribution in [0.4, 0.5) is 4.39 Å². The van der Waals surface area contributed by atoms with Crippen molar-refractivity contribution in [1.29, 1.82) is 0 Å². The van der Waals surface area contributed by atoms with Gasteiger partial charge in [0.1, 0.15) is 5.82 Å². The van der Waals surface area contributed by atoms with Crippen LogP contribution >= 0.6 is 0 Å². The van der Waals surface area contributed by atoms with Gasteiger partial charge in [-0.3, -0.25) is 9.69 Å². The van der Waals surface area contributed by atoms with Crippen molar-refractivity contribution in [2.24, 2.45) is 0 Å². The van der Waals surface area contributed by atoms with Crippen molar-refractivity contribution in [3.8, 4) is 0 Å². The van der Waals surface area contributed by atoms with Gasteiger partial charge in [0.25, 0.3) is 0 Å². The van der Waals surface area contributed by atoms with E-state index in [1.165, 1.54) is 12.1 Å². The van der Waals surface area contributed by atoms with Crippen molar-refractivity contribution in [2.75, 3.05) is 20.7 Å². The average molecular weight is 253 g/mol. The van der Waals surface area contributed by atoms with E-state index in [1.807, 2.05) is 32.0 Å². The van der Waals surface area contributed by atoms with Gasteiger partial charge in [0, 0.05) is 0 Å². The van der Waals surface area contributed by atoms with Gasteiger partial charge >= 0.3 is 5.97 Å². The molecule has 0 aliphatic rings. The molecule has 0 heterocycles. The molecular formula is C14H20FNO2. The minimum absolute atomic E-state index is 0.192. The molecule has 1 atom stereocenters. The van der Waals surface area contributed by atoms with Crippen molar-refractivity contribution in [1.82, 2.24) is 4.90 Å². The maximum Gasteiger partial charge on any atom is 0.307 e. The van der Waals surface area contributed by atoms with Gasteiger partial charge in [-0.05, 0) is 45.6 Å². The van der Waals surface area contributed by atoms with Crippen LogP contribution in [0.25, 0.3) is 0 Å². The second-order valence-corrected chi connectivity index (χ2v) is 4.66. The number of halogens is 1. The SMILES string of the molecule is CCOC(=O)CC(C)(c1cccc(F)c1)N(C)C. The van der Waals surface area contributed by atoms with Gasteiger partial charge in [-0.25, -0.2) is 4.39 Å². The molecule has 18 heavy (non-hydrogen) atoms. The quantitative estimate of drug-likeness (QED) is 0.755. The van der Waals surface area contributed by atoms with E-state index in [2.05, 4.69) is 0 Å². The third-order valence-corrected chi connectivity index (χ3v) is 3.23. The predicted molar refractivity (Wildman–Crippen MR) is 68.7 cm³/mol. The summed E-state index contributed by atoms with van der Waals surface area (Å²) in [7, 11) is 3.73. The Morgan fingerprint density at radius 2 is 2.11 bits per heavy atom. The normalized spacial score (nSPS) is 14.3. The van der Waals surface area contributed by atoms with Gasteiger partial charge in [-0.2, -0.15) is 0 Å². The number of nitrogens with zero attached hydrogens (tertiary/aromatic N) is 1. The first kappa shape index (κ1) is 14.6. The van der Waals surface area contributed by atoms with E-state index in [4.69, 9.17) is 4.74 Å². The number of esters is 1. The first-order valence-corrected chi connectivity index (χ1v) is 5.99. The molecule has 0 saturated heterocycles. The molecule has 1 unspecified atom stereocenters. The van der Waals surface area contributed by atoms with E-state index >= 15 is 0 Å². The Hall–Kier alpha value is -1.42. The fourth-order valence-corrected chi connectivity index (χ4v) is 1.83. The van der Waals surface area contributed by atoms with Crippen molar-refractivity contribution < 1.29 is 13.9 Å². The molecule has 0 aliphatic heterocycles. The Bertz CT molecular complexity index is 420. The lowest BCUT2D eigenvalue weighted by Gasteiger charge is -2.36. The molecule has 0 saturated carbocycles. The number of benzene rings is 1. The third-order valence-electron chi connectivity index (χ3n) is 3.23. The van der Waals surface area contributed by atoms with Crippen LogP contribution < -0.4 is 0 Å². The number of rotatable bonds is 5. The smallest absolute Gasteiger partial charge is 0.307 e. The zero-order chi connectivity index (χ0) is 13.8. The molecule has 0 fully saturated rings. The minimum atomic E-state index is -0.575. The molecule has 0 amide bonds. The van der Waals surface area contributed by atoms with Crippen LogP contribution in [0, 0.1) is 5.82 Å². The van der Waals surface area contributed by atoms with Crippen LogP contribution in [-0.2, 0) is 15.1 Å². The van der Waals surface area contributed by atoms with Crippen molar-refractivity contribution in [3.05, 3.63) is 35.6 Å². The van der Waals surface area contributed by atoms with Crippen LogP contribution in [-0.4, -0.2) is 31.6 Å². The van der Waals surface area contributed by atoms with Gasteiger partial charge in [-0.15, -0.1) is 0 Å². The number of carbonyl (C=O) groups excluding carboxylic acids is 1. The van der Waals surface area contributed by atoms with E-state index in [-0.39, 0.29) is 18.2 Å². The number of hydrogen-bond donors (Lipinski definition) is 0. The second kappa shape index (κ2) is 5.96. The highest BCUT2D eigenvalue weighted by atomic mass is 19.1. The highest BCUT2D eigenvalue weighted by Crippen LogP contribution is 2.30. The van der Waals surface area contributed by atoms with E-state index < -0.39 is 5.54 Å². The summed E-state index contributed by atoms with van der Waals surface area (Å²) in [6, 6.07) is 6.32. The van der Waals surface area contributed by atoms with Crippen LogP contribution in [0.1, 0.15) is 25.8 Å². The first-order chi connectivity index (χ1) is 8.40. The summed E-state index contributed by atoms with van der Waals surface area (Å²) in [5, 5.41) is 0. The number of carbonyl (C=O) groups is 1. The van der Waals surface area contributed by atoms with Crippen LogP contribution in [0.3, 0.4) is 0 Å². The summed E-state index contributed by atoms with van der Waals surface area (Å²) in [6.07, 6.45) is 0.192. The van der Waals surface area contributed by atoms with Gasteiger partial charge in [0.15, 0.2) is 0 Å². The van der Waals surface area contributed by atoms with Crippen LogP contribution in [0.15, 0.2) is 24.3 Å². The molecule has 0 spiro atoms. The lowest BCUT2D eigenvalue weighted by Crippen LogP contribution is -2.41. The zero-order valence-electron chi connectivity index (χ0n) is 11.4. The van der Waals surface area contributed by atoms with Crippen LogP contribution in [0.5, 0.6) is 0 Å². The first-order valence-electron chi connectivity index (χ1n) is 5.99. The zero-order valence-corrected chi connectivity index (χ0v) is 11.4. The molecule has 3 nitrogen and oxygen atoms in total. The molecular weight excluding hydrogens is 233 g/mol. The standard InChI is InChI=1S/C14H20FNO2/c1-5-18-13(17)10-14(2,16(3)4)11-7-6-8-12(15)9-11/h6-9H,5,10H2,1-4H3. The summed E-state index contributed by atoms with van der Waals surface area (Å²) in [5.41, 5.74) is 0.189. The second-order valence-electron chi connectivity index (χ2n) is 4.66. The van der Waals surface area contributed by atoms with Crippen molar-refractivity contribution >= 4 is 5.97 Å². The summed E-state index contributed by atoms with van der Waals surface area (Å²) in [4.78, 5) is 13.6. The maximum absolute atomic E-state index is 13.3. The summed E-state index contributed by atoms with van der Waals surface area (Å²) in [6.45, 7) is 4.03. The molecule has 0 radical (unpaired) electrons. The summed E-state index contributed by atoms with van der Waals surface area (Å²) < 4.78 is 18.3. The van der Waals surface area contributed by atoms with Gasteiger partial charge in [-0.1, -0.05) is 12.1 Å². The largest absolute Gasteiger partial charge is 0.466 e. The molecule has 0 N–H and O–H groups in total. The average Bonchev–Trinajstić information content (AvgIpc) is 2.28. The van der Waals surface area contributed by atoms with Gasteiger partial charge in [0.05, 0.1) is 18.6 Å². The predicted octanol–water partition coefficient (Wildman–Crippen LogP) is 2.56. The lowest BCUT2D eigenvalue weighted by atomic mass is 9.87. The molecule has 100 valence electrons. The maximum atomic E-state index is 13.3. The molecule has 0 bridgehead atoms. The van der Waals surface area contributed by atoms with Crippen LogP contribution in [0.2, 0.25) is 0 Å². The Morgan fingerprint density at radius 3 is 2.61 bits per heavy atom. The Morgan fingerprint density at radius 1 is 1.44 bits per heavy atom. The summed E-state index contributed by atoms with van der Waals surface area (Å²) in [5.74, 6) is -0.581. The monoisotopic (exact) mass is 253 g/mol. The molecule has 4 heteroatoms. The lowest BCUT2D eigenvalue weighted by molar-refractivity contribution is -0.146. The number of ether oxygens (including phenoxy) is 1.